The van der Waals surface area contributed by atoms with Crippen LogP contribution in [0.2, 0.25) is 0 Å². The van der Waals surface area contributed by atoms with Crippen molar-refractivity contribution in [2.75, 3.05) is 10.6 Å². The van der Waals surface area contributed by atoms with Gasteiger partial charge in [-0.05, 0) is 33.1 Å². The van der Waals surface area contributed by atoms with Crippen molar-refractivity contribution in [1.82, 2.24) is 9.97 Å². The van der Waals surface area contributed by atoms with Gasteiger partial charge in [-0.1, -0.05) is 0 Å². The van der Waals surface area contributed by atoms with Crippen molar-refractivity contribution in [3.05, 3.63) is 12.4 Å². The van der Waals surface area contributed by atoms with Gasteiger partial charge in [-0.25, -0.2) is 9.97 Å². The van der Waals surface area contributed by atoms with Crippen LogP contribution in [-0.2, 0) is 0 Å². The highest BCUT2D eigenvalue weighted by Gasteiger charge is 2.19. The molecule has 0 saturated heterocycles. The molecular formula is C12H17N5. The minimum Gasteiger partial charge on any atom is -0.367 e. The van der Waals surface area contributed by atoms with Crippen molar-refractivity contribution in [3.8, 4) is 6.07 Å². The molecule has 1 aromatic rings. The molecule has 5 heteroatoms. The number of nitriles is 1. The maximum absolute atomic E-state index is 8.95. The van der Waals surface area contributed by atoms with Gasteiger partial charge < -0.3 is 10.6 Å². The first-order valence-corrected chi connectivity index (χ1v) is 5.87. The van der Waals surface area contributed by atoms with Gasteiger partial charge in [0.1, 0.15) is 23.5 Å². The van der Waals surface area contributed by atoms with E-state index >= 15 is 0 Å². The van der Waals surface area contributed by atoms with Gasteiger partial charge in [-0.2, -0.15) is 5.26 Å². The van der Waals surface area contributed by atoms with Crippen LogP contribution in [0.4, 0.5) is 11.6 Å². The van der Waals surface area contributed by atoms with E-state index in [0.29, 0.717) is 11.9 Å². The Labute approximate surface area is 101 Å². The van der Waals surface area contributed by atoms with Crippen molar-refractivity contribution >= 4 is 11.6 Å². The van der Waals surface area contributed by atoms with Crippen LogP contribution in [0.25, 0.3) is 0 Å². The third kappa shape index (κ3) is 3.06. The number of anilines is 2. The Morgan fingerprint density at radius 2 is 2.06 bits per heavy atom. The fourth-order valence-electron chi connectivity index (χ4n) is 1.61. The van der Waals surface area contributed by atoms with E-state index in [9.17, 15) is 0 Å². The van der Waals surface area contributed by atoms with Crippen LogP contribution in [-0.4, -0.2) is 21.5 Å². The molecule has 2 N–H and O–H groups in total. The maximum atomic E-state index is 8.95. The van der Waals surface area contributed by atoms with Gasteiger partial charge in [0.2, 0.25) is 0 Å². The molecule has 0 bridgehead atoms. The van der Waals surface area contributed by atoms with Gasteiger partial charge in [0.15, 0.2) is 0 Å². The molecule has 1 fully saturated rings. The van der Waals surface area contributed by atoms with E-state index in [1.165, 1.54) is 25.6 Å². The van der Waals surface area contributed by atoms with E-state index < -0.39 is 5.54 Å². The van der Waals surface area contributed by atoms with E-state index in [1.807, 2.05) is 19.9 Å². The Morgan fingerprint density at radius 3 is 2.65 bits per heavy atom. The lowest BCUT2D eigenvalue weighted by atomic mass is 9.93. The summed E-state index contributed by atoms with van der Waals surface area (Å²) >= 11 is 0. The first-order chi connectivity index (χ1) is 8.09. The van der Waals surface area contributed by atoms with Crippen LogP contribution in [0.1, 0.15) is 33.1 Å². The Bertz CT molecular complexity index is 431. The Morgan fingerprint density at radius 1 is 1.35 bits per heavy atom. The zero-order valence-electron chi connectivity index (χ0n) is 10.2. The molecule has 1 saturated carbocycles. The van der Waals surface area contributed by atoms with Crippen LogP contribution in [0.3, 0.4) is 0 Å². The summed E-state index contributed by atoms with van der Waals surface area (Å²) in [5.41, 5.74) is -0.623. The topological polar surface area (TPSA) is 73.6 Å². The summed E-state index contributed by atoms with van der Waals surface area (Å²) in [6.07, 6.45) is 5.21. The summed E-state index contributed by atoms with van der Waals surface area (Å²) in [7, 11) is 0. The van der Waals surface area contributed by atoms with Crippen LogP contribution >= 0.6 is 0 Å². The first-order valence-electron chi connectivity index (χ1n) is 5.87. The van der Waals surface area contributed by atoms with Crippen molar-refractivity contribution in [3.63, 3.8) is 0 Å². The van der Waals surface area contributed by atoms with Crippen molar-refractivity contribution in [1.29, 1.82) is 5.26 Å². The highest BCUT2D eigenvalue weighted by atomic mass is 15.1. The molecule has 0 amide bonds. The molecule has 0 spiro atoms. The summed E-state index contributed by atoms with van der Waals surface area (Å²) in [5.74, 6) is 1.49. The highest BCUT2D eigenvalue weighted by Crippen LogP contribution is 2.23. The molecule has 5 nitrogen and oxygen atoms in total. The number of hydrogen-bond donors (Lipinski definition) is 2. The average molecular weight is 231 g/mol. The van der Waals surface area contributed by atoms with Crippen molar-refractivity contribution < 1.29 is 0 Å². The van der Waals surface area contributed by atoms with E-state index in [1.54, 1.807) is 0 Å². The van der Waals surface area contributed by atoms with Crippen LogP contribution in [0.5, 0.6) is 0 Å². The third-order valence-corrected chi connectivity index (χ3v) is 2.84. The third-order valence-electron chi connectivity index (χ3n) is 2.84. The molecule has 1 heterocycles. The second-order valence-corrected chi connectivity index (χ2v) is 4.92. The first kappa shape index (κ1) is 11.6. The predicted molar refractivity (Wildman–Crippen MR) is 66.6 cm³/mol. The summed E-state index contributed by atoms with van der Waals surface area (Å²) in [5, 5.41) is 15.4. The monoisotopic (exact) mass is 231 g/mol. The zero-order chi connectivity index (χ0) is 12.3. The summed E-state index contributed by atoms with van der Waals surface area (Å²) in [4.78, 5) is 8.28. The molecule has 1 aliphatic rings. The maximum Gasteiger partial charge on any atom is 0.132 e. The second-order valence-electron chi connectivity index (χ2n) is 4.92. The Kier molecular flexibility index (Phi) is 3.14. The van der Waals surface area contributed by atoms with Crippen LogP contribution in [0.15, 0.2) is 12.4 Å². The Balaban J connectivity index is 2.03. The SMILES string of the molecule is CC(C)(C#N)Nc1cc(NC2CCC2)ncn1. The number of hydrogen-bond acceptors (Lipinski definition) is 5. The van der Waals surface area contributed by atoms with E-state index in [2.05, 4.69) is 26.7 Å². The van der Waals surface area contributed by atoms with E-state index in [-0.39, 0.29) is 0 Å². The normalized spacial score (nSPS) is 15.8. The summed E-state index contributed by atoms with van der Waals surface area (Å²) < 4.78 is 0. The average Bonchev–Trinajstić information content (AvgIpc) is 2.24. The highest BCUT2D eigenvalue weighted by molar-refractivity contribution is 5.49. The molecule has 1 aliphatic carbocycles. The molecule has 0 atom stereocenters. The predicted octanol–water partition coefficient (Wildman–Crippen LogP) is 2.16. The smallest absolute Gasteiger partial charge is 0.132 e. The number of nitrogens with one attached hydrogen (secondary N) is 2. The van der Waals surface area contributed by atoms with Gasteiger partial charge >= 0.3 is 0 Å². The molecule has 90 valence electrons. The van der Waals surface area contributed by atoms with E-state index in [4.69, 9.17) is 5.26 Å². The van der Waals surface area contributed by atoms with Crippen molar-refractivity contribution in [2.45, 2.75) is 44.7 Å². The van der Waals surface area contributed by atoms with E-state index in [0.717, 1.165) is 5.82 Å². The molecule has 0 aromatic carbocycles. The van der Waals surface area contributed by atoms with Gasteiger partial charge in [0.05, 0.1) is 6.07 Å². The minimum absolute atomic E-state index is 0.543. The standard InChI is InChI=1S/C12H17N5/c1-12(2,7-13)17-11-6-10(14-8-15-11)16-9-4-3-5-9/h6,8-9H,3-5H2,1-2H3,(H2,14,15,16,17). The fourth-order valence-corrected chi connectivity index (χ4v) is 1.61. The molecule has 17 heavy (non-hydrogen) atoms. The van der Waals surface area contributed by atoms with Gasteiger partial charge in [0, 0.05) is 12.1 Å². The molecule has 0 unspecified atom stereocenters. The Hall–Kier alpha value is -1.83. The van der Waals surface area contributed by atoms with Crippen LogP contribution in [0, 0.1) is 11.3 Å². The fraction of sp³-hybridized carbons (Fsp3) is 0.583. The largest absolute Gasteiger partial charge is 0.367 e. The lowest BCUT2D eigenvalue weighted by Gasteiger charge is -2.27. The molecule has 0 radical (unpaired) electrons. The molecule has 2 rings (SSSR count). The lowest BCUT2D eigenvalue weighted by Crippen LogP contribution is -2.30. The van der Waals surface area contributed by atoms with Gasteiger partial charge in [-0.3, -0.25) is 0 Å². The minimum atomic E-state index is -0.623. The quantitative estimate of drug-likeness (QED) is 0.830. The van der Waals surface area contributed by atoms with Gasteiger partial charge in [0.25, 0.3) is 0 Å². The second kappa shape index (κ2) is 4.58. The van der Waals surface area contributed by atoms with Crippen molar-refractivity contribution in [2.24, 2.45) is 0 Å². The molecule has 0 aliphatic heterocycles. The summed E-state index contributed by atoms with van der Waals surface area (Å²) in [6, 6.07) is 4.57. The zero-order valence-corrected chi connectivity index (χ0v) is 10.2. The van der Waals surface area contributed by atoms with Crippen LogP contribution < -0.4 is 10.6 Å². The number of aromatic nitrogens is 2. The lowest BCUT2D eigenvalue weighted by molar-refractivity contribution is 0.444. The number of rotatable bonds is 4. The summed E-state index contributed by atoms with van der Waals surface area (Å²) in [6.45, 7) is 3.63. The number of nitrogens with zero attached hydrogens (tertiary/aromatic N) is 3. The van der Waals surface area contributed by atoms with Gasteiger partial charge in [-0.15, -0.1) is 0 Å². The molecular weight excluding hydrogens is 214 g/mol. The molecule has 1 aromatic heterocycles.